The summed E-state index contributed by atoms with van der Waals surface area (Å²) in [5.41, 5.74) is 5.94. The molecule has 0 radical (unpaired) electrons. The van der Waals surface area contributed by atoms with Crippen molar-refractivity contribution >= 4 is 17.1 Å². The highest BCUT2D eigenvalue weighted by Crippen LogP contribution is 2.07. The average Bonchev–Trinajstić information content (AvgIpc) is 2.32. The van der Waals surface area contributed by atoms with Gasteiger partial charge in [0.15, 0.2) is 11.2 Å². The first-order valence-electron chi connectivity index (χ1n) is 3.78. The van der Waals surface area contributed by atoms with Gasteiger partial charge in [-0.15, -0.1) is 0 Å². The molecule has 0 atom stereocenters. The van der Waals surface area contributed by atoms with E-state index in [9.17, 15) is 4.79 Å². The highest BCUT2D eigenvalue weighted by molar-refractivity contribution is 5.71. The number of hydrogen-bond acceptors (Lipinski definition) is 4. The van der Waals surface area contributed by atoms with Crippen molar-refractivity contribution in [2.75, 3.05) is 5.73 Å². The Hall–Kier alpha value is -1.85. The minimum atomic E-state index is -0.300. The van der Waals surface area contributed by atoms with Crippen molar-refractivity contribution < 1.29 is 0 Å². The number of nitrogens with zero attached hydrogens (tertiary/aromatic N) is 3. The molecule has 2 heterocycles. The fraction of sp³-hybridized carbons (Fsp3) is 0.286. The summed E-state index contributed by atoms with van der Waals surface area (Å²) in [6.07, 6.45) is 0. The van der Waals surface area contributed by atoms with E-state index in [1.807, 2.05) is 0 Å². The summed E-state index contributed by atoms with van der Waals surface area (Å²) >= 11 is 0. The first-order valence-corrected chi connectivity index (χ1v) is 3.78. The first-order chi connectivity index (χ1) is 6.09. The Kier molecular flexibility index (Phi) is 1.39. The number of aryl methyl sites for hydroxylation is 2. The minimum Gasteiger partial charge on any atom is -0.369 e. The molecule has 2 rings (SSSR count). The van der Waals surface area contributed by atoms with Crippen molar-refractivity contribution in [3.63, 3.8) is 0 Å². The lowest BCUT2D eigenvalue weighted by atomic mass is 10.5. The van der Waals surface area contributed by atoms with Crippen LogP contribution in [-0.2, 0) is 7.05 Å². The molecular formula is C7H9N5O. The third-order valence-electron chi connectivity index (χ3n) is 1.97. The number of nitrogens with one attached hydrogen (secondary N) is 1. The molecule has 2 aromatic heterocycles. The third-order valence-corrected chi connectivity index (χ3v) is 1.97. The van der Waals surface area contributed by atoms with Gasteiger partial charge in [-0.1, -0.05) is 0 Å². The standard InChI is InChI=1S/C7H9N5O/c1-3-9-4-5(12(3)2)10-7(8)11-6(4)13/h1-2H3,(H3,8,10,11,13). The molecule has 0 unspecified atom stereocenters. The van der Waals surface area contributed by atoms with E-state index >= 15 is 0 Å². The predicted octanol–water partition coefficient (Wildman–Crippen LogP) is -0.453. The van der Waals surface area contributed by atoms with Crippen molar-refractivity contribution in [2.45, 2.75) is 6.92 Å². The van der Waals surface area contributed by atoms with Crippen LogP contribution in [0.15, 0.2) is 4.79 Å². The highest BCUT2D eigenvalue weighted by Gasteiger charge is 2.09. The lowest BCUT2D eigenvalue weighted by Crippen LogP contribution is -2.11. The molecule has 13 heavy (non-hydrogen) atoms. The Morgan fingerprint density at radius 1 is 1.46 bits per heavy atom. The van der Waals surface area contributed by atoms with E-state index in [0.717, 1.165) is 5.82 Å². The number of anilines is 1. The number of nitrogen functional groups attached to an aromatic ring is 1. The maximum Gasteiger partial charge on any atom is 0.280 e. The summed E-state index contributed by atoms with van der Waals surface area (Å²) in [6.45, 7) is 1.80. The van der Waals surface area contributed by atoms with Gasteiger partial charge in [0.1, 0.15) is 5.82 Å². The van der Waals surface area contributed by atoms with Gasteiger partial charge in [0, 0.05) is 7.05 Å². The molecule has 0 amide bonds. The number of H-pyrrole nitrogens is 1. The zero-order valence-corrected chi connectivity index (χ0v) is 7.33. The summed E-state index contributed by atoms with van der Waals surface area (Å²) in [4.78, 5) is 21.7. The number of aromatic nitrogens is 4. The fourth-order valence-electron chi connectivity index (χ4n) is 1.20. The topological polar surface area (TPSA) is 89.6 Å². The molecule has 0 saturated heterocycles. The van der Waals surface area contributed by atoms with Crippen LogP contribution in [0.25, 0.3) is 11.2 Å². The van der Waals surface area contributed by atoms with Gasteiger partial charge >= 0.3 is 0 Å². The zero-order chi connectivity index (χ0) is 9.59. The third kappa shape index (κ3) is 0.986. The molecule has 0 fully saturated rings. The largest absolute Gasteiger partial charge is 0.369 e. The van der Waals surface area contributed by atoms with Crippen LogP contribution >= 0.6 is 0 Å². The molecule has 2 aromatic rings. The summed E-state index contributed by atoms with van der Waals surface area (Å²) in [6, 6.07) is 0. The van der Waals surface area contributed by atoms with E-state index in [4.69, 9.17) is 5.73 Å². The van der Waals surface area contributed by atoms with Gasteiger partial charge in [0.05, 0.1) is 0 Å². The normalized spacial score (nSPS) is 10.9. The lowest BCUT2D eigenvalue weighted by Gasteiger charge is -1.95. The van der Waals surface area contributed by atoms with Crippen LogP contribution in [0.2, 0.25) is 0 Å². The molecule has 3 N–H and O–H groups in total. The van der Waals surface area contributed by atoms with Gasteiger partial charge in [-0.3, -0.25) is 9.78 Å². The van der Waals surface area contributed by atoms with Crippen molar-refractivity contribution in [3.8, 4) is 0 Å². The van der Waals surface area contributed by atoms with Gasteiger partial charge in [-0.05, 0) is 6.92 Å². The van der Waals surface area contributed by atoms with Gasteiger partial charge in [0.25, 0.3) is 5.56 Å². The van der Waals surface area contributed by atoms with Crippen LogP contribution < -0.4 is 11.3 Å². The number of fused-ring (bicyclic) bond motifs is 1. The van der Waals surface area contributed by atoms with Crippen LogP contribution in [0.3, 0.4) is 0 Å². The van der Waals surface area contributed by atoms with E-state index in [1.165, 1.54) is 0 Å². The SMILES string of the molecule is Cc1nc2c(=O)[nH]c(N)nc2n1C. The average molecular weight is 179 g/mol. The second-order valence-corrected chi connectivity index (χ2v) is 2.84. The van der Waals surface area contributed by atoms with Crippen LogP contribution in [-0.4, -0.2) is 19.5 Å². The number of imidazole rings is 1. The summed E-state index contributed by atoms with van der Waals surface area (Å²) < 4.78 is 1.72. The van der Waals surface area contributed by atoms with Crippen molar-refractivity contribution in [3.05, 3.63) is 16.2 Å². The number of nitrogens with two attached hydrogens (primary N) is 1. The van der Waals surface area contributed by atoms with Crippen molar-refractivity contribution in [2.24, 2.45) is 7.05 Å². The monoisotopic (exact) mass is 179 g/mol. The molecule has 0 aliphatic carbocycles. The minimum absolute atomic E-state index is 0.112. The van der Waals surface area contributed by atoms with E-state index in [1.54, 1.807) is 18.5 Å². The van der Waals surface area contributed by atoms with Crippen LogP contribution in [0.5, 0.6) is 0 Å². The second-order valence-electron chi connectivity index (χ2n) is 2.84. The molecule has 0 saturated carbocycles. The van der Waals surface area contributed by atoms with Gasteiger partial charge in [-0.25, -0.2) is 4.98 Å². The smallest absolute Gasteiger partial charge is 0.280 e. The Labute approximate surface area is 73.4 Å². The highest BCUT2D eigenvalue weighted by atomic mass is 16.1. The van der Waals surface area contributed by atoms with Crippen LogP contribution in [0.1, 0.15) is 5.82 Å². The van der Waals surface area contributed by atoms with E-state index in [-0.39, 0.29) is 11.5 Å². The van der Waals surface area contributed by atoms with Gasteiger partial charge in [0.2, 0.25) is 5.95 Å². The number of aromatic amines is 1. The Morgan fingerprint density at radius 3 is 2.85 bits per heavy atom. The summed E-state index contributed by atoms with van der Waals surface area (Å²) in [7, 11) is 1.79. The first kappa shape index (κ1) is 7.78. The molecule has 0 aliphatic rings. The van der Waals surface area contributed by atoms with E-state index in [2.05, 4.69) is 15.0 Å². The van der Waals surface area contributed by atoms with Crippen molar-refractivity contribution in [1.82, 2.24) is 19.5 Å². The van der Waals surface area contributed by atoms with Crippen LogP contribution in [0.4, 0.5) is 5.95 Å². The molecule has 0 bridgehead atoms. The molecular weight excluding hydrogens is 170 g/mol. The van der Waals surface area contributed by atoms with Gasteiger partial charge < -0.3 is 10.3 Å². The molecule has 6 nitrogen and oxygen atoms in total. The Bertz CT molecular complexity index is 523. The van der Waals surface area contributed by atoms with Crippen LogP contribution in [0, 0.1) is 6.92 Å². The zero-order valence-electron chi connectivity index (χ0n) is 7.33. The second kappa shape index (κ2) is 2.32. The molecule has 0 spiro atoms. The predicted molar refractivity (Wildman–Crippen MR) is 48.3 cm³/mol. The molecule has 68 valence electrons. The molecule has 0 aliphatic heterocycles. The van der Waals surface area contributed by atoms with Gasteiger partial charge in [-0.2, -0.15) is 4.98 Å². The molecule has 0 aromatic carbocycles. The van der Waals surface area contributed by atoms with E-state index in [0.29, 0.717) is 11.2 Å². The Balaban J connectivity index is 3.03. The summed E-state index contributed by atoms with van der Waals surface area (Å²) in [5, 5.41) is 0. The number of hydrogen-bond donors (Lipinski definition) is 2. The lowest BCUT2D eigenvalue weighted by molar-refractivity contribution is 0.873. The maximum atomic E-state index is 11.3. The quantitative estimate of drug-likeness (QED) is 0.573. The number of rotatable bonds is 0. The maximum absolute atomic E-state index is 11.3. The van der Waals surface area contributed by atoms with Crippen molar-refractivity contribution in [1.29, 1.82) is 0 Å². The van der Waals surface area contributed by atoms with E-state index < -0.39 is 0 Å². The fourth-order valence-corrected chi connectivity index (χ4v) is 1.20. The molecule has 6 heteroatoms. The summed E-state index contributed by atoms with van der Waals surface area (Å²) in [5.74, 6) is 0.846. The Morgan fingerprint density at radius 2 is 2.15 bits per heavy atom.